The molecule has 0 aliphatic carbocycles. The summed E-state index contributed by atoms with van der Waals surface area (Å²) in [4.78, 5) is 29.0. The second-order valence-electron chi connectivity index (χ2n) is 9.07. The van der Waals surface area contributed by atoms with Gasteiger partial charge in [0.2, 0.25) is 11.8 Å². The van der Waals surface area contributed by atoms with Crippen molar-refractivity contribution in [3.63, 3.8) is 0 Å². The van der Waals surface area contributed by atoms with Gasteiger partial charge >= 0.3 is 0 Å². The molecule has 0 bridgehead atoms. The first-order valence-electron chi connectivity index (χ1n) is 9.77. The lowest BCUT2D eigenvalue weighted by atomic mass is 9.77. The molecule has 0 spiro atoms. The third kappa shape index (κ3) is 5.21. The summed E-state index contributed by atoms with van der Waals surface area (Å²) in [5.74, 6) is 0.921. The third-order valence-electron chi connectivity index (χ3n) is 6.27. The third-order valence-corrected chi connectivity index (χ3v) is 6.27. The molecule has 4 nitrogen and oxygen atoms in total. The molecule has 0 saturated heterocycles. The van der Waals surface area contributed by atoms with Gasteiger partial charge in [0.1, 0.15) is 0 Å². The molecule has 1 unspecified atom stereocenters. The summed E-state index contributed by atoms with van der Waals surface area (Å²) >= 11 is 0. The fourth-order valence-corrected chi connectivity index (χ4v) is 2.91. The van der Waals surface area contributed by atoms with Crippen LogP contribution in [0.2, 0.25) is 0 Å². The summed E-state index contributed by atoms with van der Waals surface area (Å²) in [6.45, 7) is 16.4. The van der Waals surface area contributed by atoms with E-state index in [4.69, 9.17) is 0 Å². The molecule has 1 aliphatic rings. The van der Waals surface area contributed by atoms with Crippen molar-refractivity contribution in [3.8, 4) is 0 Å². The lowest BCUT2D eigenvalue weighted by molar-refractivity contribution is -0.141. The predicted octanol–water partition coefficient (Wildman–Crippen LogP) is 4.13. The molecule has 1 rings (SSSR count). The van der Waals surface area contributed by atoms with Crippen molar-refractivity contribution in [2.75, 3.05) is 26.7 Å². The monoisotopic (exact) mass is 362 g/mol. The van der Waals surface area contributed by atoms with Crippen molar-refractivity contribution >= 4 is 11.8 Å². The van der Waals surface area contributed by atoms with Crippen LogP contribution in [-0.2, 0) is 9.59 Å². The molecule has 0 aromatic rings. The van der Waals surface area contributed by atoms with E-state index in [0.29, 0.717) is 12.5 Å². The molecule has 0 fully saturated rings. The van der Waals surface area contributed by atoms with Crippen LogP contribution in [0.5, 0.6) is 0 Å². The number of amides is 2. The maximum Gasteiger partial charge on any atom is 0.229 e. The molecule has 0 saturated carbocycles. The van der Waals surface area contributed by atoms with E-state index >= 15 is 0 Å². The number of carbonyl (C=O) groups is 2. The molecule has 4 heteroatoms. The Labute approximate surface area is 160 Å². The van der Waals surface area contributed by atoms with Gasteiger partial charge in [-0.2, -0.15) is 0 Å². The molecule has 0 aromatic heterocycles. The molecule has 148 valence electrons. The predicted molar refractivity (Wildman–Crippen MR) is 109 cm³/mol. The first kappa shape index (κ1) is 22.5. The van der Waals surface area contributed by atoms with E-state index in [1.54, 1.807) is 4.90 Å². The number of carbonyl (C=O) groups excluding carboxylic acids is 2. The highest BCUT2D eigenvalue weighted by atomic mass is 16.2. The van der Waals surface area contributed by atoms with Gasteiger partial charge in [0.05, 0.1) is 0 Å². The second-order valence-corrected chi connectivity index (χ2v) is 9.07. The van der Waals surface area contributed by atoms with Crippen molar-refractivity contribution < 1.29 is 9.59 Å². The minimum atomic E-state index is -0.391. The Hall–Kier alpha value is -1.58. The average molecular weight is 363 g/mol. The maximum atomic E-state index is 12.7. The van der Waals surface area contributed by atoms with Gasteiger partial charge in [-0.15, -0.1) is 0 Å². The molecule has 0 N–H and O–H groups in total. The van der Waals surface area contributed by atoms with E-state index in [0.717, 1.165) is 19.5 Å². The van der Waals surface area contributed by atoms with Gasteiger partial charge in [-0.05, 0) is 18.3 Å². The Morgan fingerprint density at radius 3 is 2.08 bits per heavy atom. The van der Waals surface area contributed by atoms with E-state index in [1.165, 1.54) is 0 Å². The zero-order valence-electron chi connectivity index (χ0n) is 18.0. The molecule has 0 radical (unpaired) electrons. The quantitative estimate of drug-likeness (QED) is 0.609. The number of hydrogen-bond acceptors (Lipinski definition) is 2. The second kappa shape index (κ2) is 8.88. The molecule has 1 aliphatic heterocycles. The fraction of sp³-hybridized carbons (Fsp3) is 0.727. The van der Waals surface area contributed by atoms with Crippen LogP contribution in [-0.4, -0.2) is 48.3 Å². The standard InChI is InChI=1S/C22H38N2O2/c1-17(2)21(4,5)19(25)23(8)14-10-9-13-18(3)22(6,7)20(26)24-15-11-12-16-24/h9-12,17-18H,13-16H2,1-8H3/b10-9+. The van der Waals surface area contributed by atoms with Crippen molar-refractivity contribution in [1.82, 2.24) is 9.80 Å². The smallest absolute Gasteiger partial charge is 0.229 e. The fourth-order valence-electron chi connectivity index (χ4n) is 2.91. The molecular formula is C22H38N2O2. The maximum absolute atomic E-state index is 12.7. The molecular weight excluding hydrogens is 324 g/mol. The van der Waals surface area contributed by atoms with Gasteiger partial charge in [-0.1, -0.05) is 72.8 Å². The summed E-state index contributed by atoms with van der Waals surface area (Å²) in [7, 11) is 1.86. The van der Waals surface area contributed by atoms with E-state index in [-0.39, 0.29) is 23.1 Å². The summed E-state index contributed by atoms with van der Waals surface area (Å²) in [5.41, 5.74) is -0.744. The van der Waals surface area contributed by atoms with Crippen molar-refractivity contribution in [1.29, 1.82) is 0 Å². The van der Waals surface area contributed by atoms with Crippen LogP contribution in [0, 0.1) is 22.7 Å². The van der Waals surface area contributed by atoms with E-state index < -0.39 is 5.41 Å². The Morgan fingerprint density at radius 1 is 1.04 bits per heavy atom. The molecule has 0 aromatic carbocycles. The number of allylic oxidation sites excluding steroid dienone is 1. The van der Waals surface area contributed by atoms with Gasteiger partial charge in [0, 0.05) is 37.5 Å². The van der Waals surface area contributed by atoms with Crippen LogP contribution in [0.4, 0.5) is 0 Å². The topological polar surface area (TPSA) is 40.6 Å². The van der Waals surface area contributed by atoms with Crippen LogP contribution in [0.15, 0.2) is 24.3 Å². The number of rotatable bonds is 8. The number of likely N-dealkylation sites (N-methyl/N-ethyl adjacent to an activating group) is 1. The minimum absolute atomic E-state index is 0.169. The normalized spacial score (nSPS) is 16.6. The first-order valence-corrected chi connectivity index (χ1v) is 9.77. The van der Waals surface area contributed by atoms with Gasteiger partial charge in [-0.25, -0.2) is 0 Å². The number of hydrogen-bond donors (Lipinski definition) is 0. The minimum Gasteiger partial charge on any atom is -0.342 e. The molecule has 2 amide bonds. The highest BCUT2D eigenvalue weighted by Crippen LogP contribution is 2.32. The lowest BCUT2D eigenvalue weighted by Gasteiger charge is -2.34. The highest BCUT2D eigenvalue weighted by Gasteiger charge is 2.36. The van der Waals surface area contributed by atoms with Crippen molar-refractivity contribution in [3.05, 3.63) is 24.3 Å². The van der Waals surface area contributed by atoms with E-state index in [9.17, 15) is 9.59 Å². The Balaban J connectivity index is 2.54. The van der Waals surface area contributed by atoms with E-state index in [2.05, 4.69) is 26.8 Å². The molecule has 1 atom stereocenters. The first-order chi connectivity index (χ1) is 11.9. The largest absolute Gasteiger partial charge is 0.342 e. The summed E-state index contributed by atoms with van der Waals surface area (Å²) in [5, 5.41) is 0. The zero-order chi connectivity index (χ0) is 20.1. The molecule has 26 heavy (non-hydrogen) atoms. The van der Waals surface area contributed by atoms with Crippen LogP contribution >= 0.6 is 0 Å². The summed E-state index contributed by atoms with van der Waals surface area (Å²) in [6.07, 6.45) is 9.07. The Kier molecular flexibility index (Phi) is 7.67. The highest BCUT2D eigenvalue weighted by molar-refractivity contribution is 5.83. The zero-order valence-corrected chi connectivity index (χ0v) is 18.0. The van der Waals surface area contributed by atoms with Gasteiger partial charge in [-0.3, -0.25) is 9.59 Å². The summed E-state index contributed by atoms with van der Waals surface area (Å²) in [6, 6.07) is 0. The Bertz CT molecular complexity index is 550. The van der Waals surface area contributed by atoms with Crippen LogP contribution in [0.3, 0.4) is 0 Å². The summed E-state index contributed by atoms with van der Waals surface area (Å²) < 4.78 is 0. The van der Waals surface area contributed by atoms with Gasteiger partial charge in [0.25, 0.3) is 0 Å². The van der Waals surface area contributed by atoms with Crippen LogP contribution < -0.4 is 0 Å². The molecule has 1 heterocycles. The van der Waals surface area contributed by atoms with Gasteiger partial charge in [0.15, 0.2) is 0 Å². The lowest BCUT2D eigenvalue weighted by Crippen LogP contribution is -2.43. The van der Waals surface area contributed by atoms with Crippen LogP contribution in [0.25, 0.3) is 0 Å². The van der Waals surface area contributed by atoms with Crippen molar-refractivity contribution in [2.24, 2.45) is 22.7 Å². The van der Waals surface area contributed by atoms with Crippen LogP contribution in [0.1, 0.15) is 54.9 Å². The van der Waals surface area contributed by atoms with Gasteiger partial charge < -0.3 is 9.80 Å². The SMILES string of the molecule is CC(C)C(C)(C)C(=O)N(C)C/C=C/CC(C)C(C)(C)C(=O)N1CC=CC1. The van der Waals surface area contributed by atoms with Crippen molar-refractivity contribution in [2.45, 2.75) is 54.9 Å². The Morgan fingerprint density at radius 2 is 1.58 bits per heavy atom. The van der Waals surface area contributed by atoms with E-state index in [1.807, 2.05) is 57.9 Å². The average Bonchev–Trinajstić information content (AvgIpc) is 3.10. The number of nitrogens with zero attached hydrogens (tertiary/aromatic N) is 2.